The van der Waals surface area contributed by atoms with Crippen LogP contribution in [-0.4, -0.2) is 10.9 Å². The average molecular weight is 301 g/mol. The largest absolute Gasteiger partial charge is 0.289 e. The monoisotopic (exact) mass is 301 g/mol. The molecule has 0 aliphatic heterocycles. The molecule has 3 rings (SSSR count). The van der Waals surface area contributed by atoms with E-state index in [2.05, 4.69) is 5.10 Å². The summed E-state index contributed by atoms with van der Waals surface area (Å²) < 4.78 is 1.26. The van der Waals surface area contributed by atoms with Crippen molar-refractivity contribution in [1.82, 2.24) is 4.68 Å². The van der Waals surface area contributed by atoms with E-state index < -0.39 is 0 Å². The number of benzene rings is 2. The number of fused-ring (bicyclic) bond motifs is 1. The molecule has 0 atom stereocenters. The normalized spacial score (nSPS) is 11.0. The fourth-order valence-electron chi connectivity index (χ4n) is 2.57. The minimum absolute atomic E-state index is 0.131. The predicted molar refractivity (Wildman–Crippen MR) is 91.8 cm³/mol. The van der Waals surface area contributed by atoms with Crippen molar-refractivity contribution < 1.29 is 0 Å². The molecule has 0 unspecified atom stereocenters. The molecule has 0 amide bonds. The third-order valence-electron chi connectivity index (χ3n) is 3.77. The molecule has 0 aliphatic rings. The standard InChI is InChI=1S/C19H15N3O/c1-13-9-14(2)22(19(23)18(13)11-20)21-12-15-7-8-16-5-3-4-6-17(16)10-15/h3-10,12H,1-2H3/b21-12+. The van der Waals surface area contributed by atoms with Crippen molar-refractivity contribution in [2.24, 2.45) is 5.10 Å². The second-order valence-electron chi connectivity index (χ2n) is 5.42. The first-order chi connectivity index (χ1) is 11.1. The van der Waals surface area contributed by atoms with Gasteiger partial charge < -0.3 is 0 Å². The van der Waals surface area contributed by atoms with Gasteiger partial charge in [0.25, 0.3) is 5.56 Å². The number of aryl methyl sites for hydroxylation is 2. The smallest absolute Gasteiger partial charge is 0.266 e. The highest BCUT2D eigenvalue weighted by atomic mass is 16.1. The zero-order valence-electron chi connectivity index (χ0n) is 12.9. The van der Waals surface area contributed by atoms with E-state index >= 15 is 0 Å². The van der Waals surface area contributed by atoms with Crippen molar-refractivity contribution in [3.8, 4) is 6.07 Å². The van der Waals surface area contributed by atoms with Gasteiger partial charge in [-0.25, -0.2) is 4.68 Å². The number of nitrogens with zero attached hydrogens (tertiary/aromatic N) is 3. The molecule has 4 heteroatoms. The Balaban J connectivity index is 2.05. The van der Waals surface area contributed by atoms with E-state index in [4.69, 9.17) is 5.26 Å². The Morgan fingerprint density at radius 2 is 1.83 bits per heavy atom. The van der Waals surface area contributed by atoms with Gasteiger partial charge in [0, 0.05) is 5.69 Å². The molecular formula is C19H15N3O. The molecular weight excluding hydrogens is 286 g/mol. The Morgan fingerprint density at radius 3 is 2.57 bits per heavy atom. The number of hydrogen-bond acceptors (Lipinski definition) is 3. The molecule has 1 aromatic heterocycles. The molecule has 3 aromatic rings. The molecule has 4 nitrogen and oxygen atoms in total. The third-order valence-corrected chi connectivity index (χ3v) is 3.77. The summed E-state index contributed by atoms with van der Waals surface area (Å²) >= 11 is 0. The number of aromatic nitrogens is 1. The van der Waals surface area contributed by atoms with E-state index in [0.29, 0.717) is 11.3 Å². The van der Waals surface area contributed by atoms with Gasteiger partial charge in [0.15, 0.2) is 0 Å². The molecule has 0 saturated heterocycles. The van der Waals surface area contributed by atoms with Crippen LogP contribution < -0.4 is 5.56 Å². The SMILES string of the molecule is Cc1cc(C)n(/N=C/c2ccc3ccccc3c2)c(=O)c1C#N. The maximum atomic E-state index is 12.3. The number of hydrogen-bond donors (Lipinski definition) is 0. The lowest BCUT2D eigenvalue weighted by Gasteiger charge is -2.06. The van der Waals surface area contributed by atoms with Crippen molar-refractivity contribution in [2.75, 3.05) is 0 Å². The van der Waals surface area contributed by atoms with Crippen molar-refractivity contribution in [3.05, 3.63) is 81.3 Å². The fourth-order valence-corrected chi connectivity index (χ4v) is 2.57. The Kier molecular flexibility index (Phi) is 3.78. The summed E-state index contributed by atoms with van der Waals surface area (Å²) in [5.74, 6) is 0. The van der Waals surface area contributed by atoms with Gasteiger partial charge in [0.05, 0.1) is 6.21 Å². The minimum atomic E-state index is -0.387. The van der Waals surface area contributed by atoms with Crippen LogP contribution in [0.5, 0.6) is 0 Å². The van der Waals surface area contributed by atoms with Gasteiger partial charge >= 0.3 is 0 Å². The van der Waals surface area contributed by atoms with Gasteiger partial charge in [-0.15, -0.1) is 0 Å². The average Bonchev–Trinajstić information content (AvgIpc) is 2.54. The maximum absolute atomic E-state index is 12.3. The van der Waals surface area contributed by atoms with E-state index in [-0.39, 0.29) is 11.1 Å². The summed E-state index contributed by atoms with van der Waals surface area (Å²) in [7, 11) is 0. The van der Waals surface area contributed by atoms with Gasteiger partial charge in [-0.2, -0.15) is 10.4 Å². The Labute approximate surface area is 133 Å². The lowest BCUT2D eigenvalue weighted by Crippen LogP contribution is -2.22. The van der Waals surface area contributed by atoms with Crippen molar-refractivity contribution in [3.63, 3.8) is 0 Å². The minimum Gasteiger partial charge on any atom is -0.266 e. The summed E-state index contributed by atoms with van der Waals surface area (Å²) in [6.45, 7) is 3.55. The van der Waals surface area contributed by atoms with E-state index in [1.54, 1.807) is 26.1 Å². The molecule has 0 aliphatic carbocycles. The highest BCUT2D eigenvalue weighted by molar-refractivity contribution is 5.90. The number of nitriles is 1. The topological polar surface area (TPSA) is 58.1 Å². The molecule has 0 fully saturated rings. The molecule has 0 N–H and O–H groups in total. The lowest BCUT2D eigenvalue weighted by atomic mass is 10.1. The summed E-state index contributed by atoms with van der Waals surface area (Å²) in [5.41, 5.74) is 2.01. The van der Waals surface area contributed by atoms with Crippen LogP contribution in [0.3, 0.4) is 0 Å². The quantitative estimate of drug-likeness (QED) is 0.681. The van der Waals surface area contributed by atoms with Crippen LogP contribution >= 0.6 is 0 Å². The van der Waals surface area contributed by atoms with Crippen LogP contribution in [0.15, 0.2) is 58.4 Å². The molecule has 112 valence electrons. The fraction of sp³-hybridized carbons (Fsp3) is 0.105. The second-order valence-corrected chi connectivity index (χ2v) is 5.42. The Hall–Kier alpha value is -3.19. The summed E-state index contributed by atoms with van der Waals surface area (Å²) in [6.07, 6.45) is 1.64. The first kappa shape index (κ1) is 14.7. The van der Waals surface area contributed by atoms with E-state index in [1.807, 2.05) is 48.5 Å². The molecule has 23 heavy (non-hydrogen) atoms. The second kappa shape index (κ2) is 5.90. The molecule has 0 bridgehead atoms. The third kappa shape index (κ3) is 2.77. The summed E-state index contributed by atoms with van der Waals surface area (Å²) in [6, 6.07) is 17.8. The molecule has 0 radical (unpaired) electrons. The van der Waals surface area contributed by atoms with Crippen molar-refractivity contribution in [2.45, 2.75) is 13.8 Å². The first-order valence-corrected chi connectivity index (χ1v) is 7.26. The number of rotatable bonds is 2. The molecule has 1 heterocycles. The highest BCUT2D eigenvalue weighted by Gasteiger charge is 2.08. The Morgan fingerprint density at radius 1 is 1.09 bits per heavy atom. The predicted octanol–water partition coefficient (Wildman–Crippen LogP) is 3.37. The van der Waals surface area contributed by atoms with Gasteiger partial charge in [-0.3, -0.25) is 4.79 Å². The Bertz CT molecular complexity index is 1020. The molecule has 0 spiro atoms. The zero-order valence-corrected chi connectivity index (χ0v) is 12.9. The molecule has 2 aromatic carbocycles. The highest BCUT2D eigenvalue weighted by Crippen LogP contribution is 2.14. The maximum Gasteiger partial charge on any atom is 0.289 e. The van der Waals surface area contributed by atoms with E-state index in [9.17, 15) is 4.79 Å². The van der Waals surface area contributed by atoms with Crippen LogP contribution in [0.1, 0.15) is 22.4 Å². The van der Waals surface area contributed by atoms with Gasteiger partial charge in [-0.1, -0.05) is 36.4 Å². The zero-order chi connectivity index (χ0) is 16.4. The van der Waals surface area contributed by atoms with Crippen LogP contribution in [0.4, 0.5) is 0 Å². The number of pyridine rings is 1. The van der Waals surface area contributed by atoms with E-state index in [1.165, 1.54) is 4.68 Å². The van der Waals surface area contributed by atoms with Crippen molar-refractivity contribution >= 4 is 17.0 Å². The van der Waals surface area contributed by atoms with Crippen LogP contribution in [0.25, 0.3) is 10.8 Å². The molecule has 0 saturated carbocycles. The van der Waals surface area contributed by atoms with Crippen molar-refractivity contribution in [1.29, 1.82) is 5.26 Å². The first-order valence-electron chi connectivity index (χ1n) is 7.26. The summed E-state index contributed by atoms with van der Waals surface area (Å²) in [5, 5.41) is 15.6. The lowest BCUT2D eigenvalue weighted by molar-refractivity contribution is 0.787. The van der Waals surface area contributed by atoms with Crippen LogP contribution in [0.2, 0.25) is 0 Å². The summed E-state index contributed by atoms with van der Waals surface area (Å²) in [4.78, 5) is 12.3. The van der Waals surface area contributed by atoms with Crippen LogP contribution in [-0.2, 0) is 0 Å². The van der Waals surface area contributed by atoms with Gasteiger partial charge in [0.2, 0.25) is 0 Å². The van der Waals surface area contributed by atoms with Gasteiger partial charge in [-0.05, 0) is 47.9 Å². The van der Waals surface area contributed by atoms with E-state index in [0.717, 1.165) is 16.3 Å². The van der Waals surface area contributed by atoms with Crippen LogP contribution in [0, 0.1) is 25.2 Å². The van der Waals surface area contributed by atoms with Gasteiger partial charge in [0.1, 0.15) is 11.6 Å².